The Bertz CT molecular complexity index is 1370. The second-order valence-electron chi connectivity index (χ2n) is 11.8. The van der Waals surface area contributed by atoms with E-state index in [0.29, 0.717) is 12.8 Å². The molecule has 1 saturated heterocycles. The molecule has 4 bridgehead atoms. The summed E-state index contributed by atoms with van der Waals surface area (Å²) in [6.07, 6.45) is 6.43. The first-order valence-electron chi connectivity index (χ1n) is 14.2. The molecule has 43 heavy (non-hydrogen) atoms. The Balaban J connectivity index is 1.73. The van der Waals surface area contributed by atoms with Crippen molar-refractivity contribution in [3.8, 4) is 5.75 Å². The number of amides is 3. The van der Waals surface area contributed by atoms with Gasteiger partial charge in [-0.1, -0.05) is 39.0 Å². The molecule has 14 heteroatoms. The molecule has 3 aliphatic heterocycles. The molecule has 1 saturated carbocycles. The van der Waals surface area contributed by atoms with Crippen molar-refractivity contribution in [2.24, 2.45) is 11.3 Å². The molecular weight excluding hydrogens is 626 g/mol. The van der Waals surface area contributed by atoms with Crippen LogP contribution in [0, 0.1) is 11.3 Å². The highest BCUT2D eigenvalue weighted by Gasteiger charge is 2.62. The Morgan fingerprint density at radius 1 is 1.28 bits per heavy atom. The Morgan fingerprint density at radius 2 is 2.02 bits per heavy atom. The van der Waals surface area contributed by atoms with Crippen LogP contribution in [0.1, 0.15) is 53.0 Å². The summed E-state index contributed by atoms with van der Waals surface area (Å²) >= 11 is 3.31. The van der Waals surface area contributed by atoms with Crippen LogP contribution in [0.5, 0.6) is 5.75 Å². The van der Waals surface area contributed by atoms with Crippen LogP contribution in [-0.2, 0) is 23.9 Å². The lowest BCUT2D eigenvalue weighted by atomic mass is 9.85. The molecule has 13 nitrogen and oxygen atoms in total. The summed E-state index contributed by atoms with van der Waals surface area (Å²) in [7, 11) is 0. The van der Waals surface area contributed by atoms with E-state index in [1.54, 1.807) is 45.9 Å². The maximum atomic E-state index is 14.2. The summed E-state index contributed by atoms with van der Waals surface area (Å²) in [5.41, 5.74) is -2.55. The van der Waals surface area contributed by atoms with Gasteiger partial charge in [-0.25, -0.2) is 14.3 Å². The van der Waals surface area contributed by atoms with E-state index in [-0.39, 0.29) is 48.9 Å². The van der Waals surface area contributed by atoms with Gasteiger partial charge in [0.2, 0.25) is 11.8 Å². The van der Waals surface area contributed by atoms with Gasteiger partial charge in [0.25, 0.3) is 5.56 Å². The second kappa shape index (κ2) is 12.9. The maximum Gasteiger partial charge on any atom is 0.408 e. The van der Waals surface area contributed by atoms with Crippen LogP contribution in [0.2, 0.25) is 0 Å². The SMILES string of the molecule is C=C[C@@H]1C[C@]1(NC(=O)[C@@H]1C[C@@H]2CN1C(=O)[C@H](C(C)(C)C)NC(=O)OC/C=C/CCOc1cnn2c(=O)c1Br)C(=O)OCC. The Hall–Kier alpha value is -3.68. The van der Waals surface area contributed by atoms with Crippen molar-refractivity contribution in [3.63, 3.8) is 0 Å². The minimum absolute atomic E-state index is 0.0278. The van der Waals surface area contributed by atoms with Crippen molar-refractivity contribution < 1.29 is 33.4 Å². The van der Waals surface area contributed by atoms with Gasteiger partial charge in [-0.15, -0.1) is 6.58 Å². The molecule has 1 aliphatic carbocycles. The summed E-state index contributed by atoms with van der Waals surface area (Å²) < 4.78 is 17.6. The Labute approximate surface area is 258 Å². The lowest BCUT2D eigenvalue weighted by molar-refractivity contribution is -0.150. The number of aromatic nitrogens is 2. The molecule has 234 valence electrons. The molecule has 4 heterocycles. The van der Waals surface area contributed by atoms with E-state index in [9.17, 15) is 24.0 Å². The fourth-order valence-corrected chi connectivity index (χ4v) is 5.76. The number of halogens is 1. The van der Waals surface area contributed by atoms with Gasteiger partial charge in [0.1, 0.15) is 28.7 Å². The number of hydrogen-bond donors (Lipinski definition) is 2. The van der Waals surface area contributed by atoms with Gasteiger partial charge < -0.3 is 29.7 Å². The van der Waals surface area contributed by atoms with E-state index < -0.39 is 58.5 Å². The third-order valence-corrected chi connectivity index (χ3v) is 8.53. The number of esters is 1. The van der Waals surface area contributed by atoms with Gasteiger partial charge in [0.15, 0.2) is 5.75 Å². The molecule has 0 unspecified atom stereocenters. The van der Waals surface area contributed by atoms with Crippen molar-refractivity contribution in [1.29, 1.82) is 0 Å². The Kier molecular flexibility index (Phi) is 9.67. The fraction of sp³-hybridized carbons (Fsp3) is 0.586. The first-order valence-corrected chi connectivity index (χ1v) is 15.0. The van der Waals surface area contributed by atoms with Crippen LogP contribution in [0.4, 0.5) is 4.79 Å². The predicted octanol–water partition coefficient (Wildman–Crippen LogP) is 2.25. The first kappa shape index (κ1) is 32.2. The van der Waals surface area contributed by atoms with Crippen LogP contribution in [0.15, 0.2) is 40.3 Å². The largest absolute Gasteiger partial charge is 0.490 e. The van der Waals surface area contributed by atoms with Gasteiger partial charge >= 0.3 is 12.1 Å². The van der Waals surface area contributed by atoms with Crippen molar-refractivity contribution in [1.82, 2.24) is 25.3 Å². The summed E-state index contributed by atoms with van der Waals surface area (Å²) in [6, 6.07) is -2.86. The van der Waals surface area contributed by atoms with Crippen LogP contribution in [0.3, 0.4) is 0 Å². The van der Waals surface area contributed by atoms with Crippen LogP contribution >= 0.6 is 15.9 Å². The predicted molar refractivity (Wildman–Crippen MR) is 158 cm³/mol. The summed E-state index contributed by atoms with van der Waals surface area (Å²) in [5.74, 6) is -1.80. The monoisotopic (exact) mass is 663 g/mol. The zero-order valence-electron chi connectivity index (χ0n) is 24.8. The zero-order valence-corrected chi connectivity index (χ0v) is 26.3. The molecule has 1 aromatic rings. The molecule has 5 atom stereocenters. The quantitative estimate of drug-likeness (QED) is 0.356. The highest BCUT2D eigenvalue weighted by atomic mass is 79.9. The molecule has 2 N–H and O–H groups in total. The average Bonchev–Trinajstić information content (AvgIpc) is 3.49. The molecule has 2 fully saturated rings. The van der Waals surface area contributed by atoms with Crippen LogP contribution < -0.4 is 20.9 Å². The number of hydrogen-bond acceptors (Lipinski definition) is 9. The highest BCUT2D eigenvalue weighted by molar-refractivity contribution is 9.10. The van der Waals surface area contributed by atoms with E-state index in [1.165, 1.54) is 15.8 Å². The molecule has 4 aliphatic rings. The molecular formula is C29H38BrN5O8. The van der Waals surface area contributed by atoms with Crippen molar-refractivity contribution in [2.75, 3.05) is 26.4 Å². The average molecular weight is 665 g/mol. The van der Waals surface area contributed by atoms with Gasteiger partial charge in [0, 0.05) is 18.9 Å². The number of carbonyl (C=O) groups is 4. The van der Waals surface area contributed by atoms with Gasteiger partial charge in [-0.3, -0.25) is 14.4 Å². The fourth-order valence-electron chi connectivity index (χ4n) is 5.36. The molecule has 0 aromatic carbocycles. The lowest BCUT2D eigenvalue weighted by Crippen LogP contribution is -2.59. The van der Waals surface area contributed by atoms with E-state index >= 15 is 0 Å². The number of carbonyl (C=O) groups excluding carboxylic acids is 4. The zero-order chi connectivity index (χ0) is 31.5. The minimum atomic E-state index is -1.29. The number of alkyl carbamates (subject to hydrolysis) is 1. The van der Waals surface area contributed by atoms with Gasteiger partial charge in [0.05, 0.1) is 25.5 Å². The topological polar surface area (TPSA) is 158 Å². The van der Waals surface area contributed by atoms with Crippen molar-refractivity contribution in [3.05, 3.63) is 45.8 Å². The maximum absolute atomic E-state index is 14.2. The van der Waals surface area contributed by atoms with Gasteiger partial charge in [-0.05, 0) is 41.1 Å². The standard InChI is InChI=1S/C29H38BrN5O8/c1-6-17-14-29(17,26(39)41-7-2)33-23(36)19-13-18-16-34(19)25(38)22(28(3,4)5)32-27(40)43-12-10-8-9-11-42-20-15-31-35(18)24(37)21(20)30/h6,8,10,15,17-19,22H,1,7,9,11-14,16H2,2-5H3,(H,32,40)(H,33,36)/b10-8+/t17-,18-,19+,22-,29-/m1/s1. The Morgan fingerprint density at radius 3 is 2.67 bits per heavy atom. The van der Waals surface area contributed by atoms with E-state index in [0.717, 1.165) is 0 Å². The number of fused-ring (bicyclic) bond motifs is 11. The van der Waals surface area contributed by atoms with Crippen molar-refractivity contribution >= 4 is 39.8 Å². The smallest absolute Gasteiger partial charge is 0.408 e. The second-order valence-corrected chi connectivity index (χ2v) is 12.6. The lowest BCUT2D eigenvalue weighted by Gasteiger charge is -2.35. The van der Waals surface area contributed by atoms with E-state index in [1.807, 2.05) is 0 Å². The van der Waals surface area contributed by atoms with Crippen LogP contribution in [0.25, 0.3) is 0 Å². The minimum Gasteiger partial charge on any atom is -0.490 e. The summed E-state index contributed by atoms with van der Waals surface area (Å²) in [4.78, 5) is 68.3. The first-order chi connectivity index (χ1) is 20.3. The third-order valence-electron chi connectivity index (χ3n) is 7.80. The number of nitrogens with zero attached hydrogens (tertiary/aromatic N) is 3. The van der Waals surface area contributed by atoms with E-state index in [2.05, 4.69) is 38.2 Å². The molecule has 0 spiro atoms. The van der Waals surface area contributed by atoms with E-state index in [4.69, 9.17) is 14.2 Å². The number of rotatable bonds is 5. The summed E-state index contributed by atoms with van der Waals surface area (Å²) in [5, 5.41) is 9.79. The molecule has 3 amide bonds. The number of nitrogens with one attached hydrogen (secondary N) is 2. The number of ether oxygens (including phenoxy) is 3. The molecule has 0 radical (unpaired) electrons. The van der Waals surface area contributed by atoms with Crippen LogP contribution in [-0.4, -0.2) is 82.5 Å². The third kappa shape index (κ3) is 6.78. The van der Waals surface area contributed by atoms with Crippen molar-refractivity contribution in [2.45, 2.75) is 70.6 Å². The normalized spacial score (nSPS) is 28.4. The molecule has 5 rings (SSSR count). The van der Waals surface area contributed by atoms with Gasteiger partial charge in [-0.2, -0.15) is 5.10 Å². The highest BCUT2D eigenvalue weighted by Crippen LogP contribution is 2.46. The molecule has 1 aromatic heterocycles. The summed E-state index contributed by atoms with van der Waals surface area (Å²) in [6.45, 7) is 11.1.